The minimum Gasteiger partial charge on any atom is -0.381 e. The summed E-state index contributed by atoms with van der Waals surface area (Å²) in [5, 5.41) is 7.09. The Morgan fingerprint density at radius 1 is 1.27 bits per heavy atom. The van der Waals surface area contributed by atoms with Crippen molar-refractivity contribution in [3.05, 3.63) is 29.3 Å². The molecule has 2 nitrogen and oxygen atoms in total. The molecule has 1 aliphatic heterocycles. The van der Waals surface area contributed by atoms with Crippen molar-refractivity contribution in [2.24, 2.45) is 0 Å². The number of nitrogens with one attached hydrogen (secondary N) is 2. The topological polar surface area (TPSA) is 24.1 Å². The second-order valence-electron chi connectivity index (χ2n) is 4.45. The lowest BCUT2D eigenvalue weighted by Gasteiger charge is -2.26. The third-order valence-electron chi connectivity index (χ3n) is 3.13. The Morgan fingerprint density at radius 3 is 2.60 bits per heavy atom. The predicted octanol–water partition coefficient (Wildman–Crippen LogP) is 2.47. The zero-order chi connectivity index (χ0) is 10.7. The maximum atomic E-state index is 3.65. The Balaban J connectivity index is 2.09. The van der Waals surface area contributed by atoms with Gasteiger partial charge in [-0.25, -0.2) is 0 Å². The smallest absolute Gasteiger partial charge is 0.0402 e. The molecular formula is C13H20N2. The molecule has 2 rings (SSSR count). The number of para-hydroxylation sites is 1. The molecule has 0 aromatic heterocycles. The van der Waals surface area contributed by atoms with E-state index in [0.29, 0.717) is 6.04 Å². The van der Waals surface area contributed by atoms with E-state index in [-0.39, 0.29) is 0 Å². The summed E-state index contributed by atoms with van der Waals surface area (Å²) < 4.78 is 0. The number of piperidine rings is 1. The van der Waals surface area contributed by atoms with Gasteiger partial charge in [-0.05, 0) is 44.4 Å². The molecule has 0 radical (unpaired) electrons. The molecule has 2 heteroatoms. The first-order valence-corrected chi connectivity index (χ1v) is 5.81. The van der Waals surface area contributed by atoms with Crippen LogP contribution in [0.5, 0.6) is 0 Å². The Bertz CT molecular complexity index is 307. The molecule has 0 bridgehead atoms. The highest BCUT2D eigenvalue weighted by Gasteiger charge is 2.13. The molecule has 0 spiro atoms. The molecule has 0 aliphatic carbocycles. The zero-order valence-electron chi connectivity index (χ0n) is 9.64. The number of anilines is 1. The molecule has 1 fully saturated rings. The summed E-state index contributed by atoms with van der Waals surface area (Å²) >= 11 is 0. The number of hydrogen-bond donors (Lipinski definition) is 2. The van der Waals surface area contributed by atoms with Crippen LogP contribution in [0.25, 0.3) is 0 Å². The third kappa shape index (κ3) is 2.51. The molecule has 1 atom stereocenters. The molecule has 2 N–H and O–H groups in total. The molecule has 0 saturated carbocycles. The van der Waals surface area contributed by atoms with Crippen LogP contribution in [0, 0.1) is 13.8 Å². The van der Waals surface area contributed by atoms with Gasteiger partial charge in [0.25, 0.3) is 0 Å². The van der Waals surface area contributed by atoms with Gasteiger partial charge in [0.2, 0.25) is 0 Å². The monoisotopic (exact) mass is 204 g/mol. The maximum absolute atomic E-state index is 3.65. The lowest BCUT2D eigenvalue weighted by molar-refractivity contribution is 0.479. The van der Waals surface area contributed by atoms with Crippen molar-refractivity contribution in [2.75, 3.05) is 18.4 Å². The van der Waals surface area contributed by atoms with E-state index >= 15 is 0 Å². The van der Waals surface area contributed by atoms with Crippen molar-refractivity contribution in [1.29, 1.82) is 0 Å². The van der Waals surface area contributed by atoms with E-state index in [1.54, 1.807) is 0 Å². The summed E-state index contributed by atoms with van der Waals surface area (Å²) in [5.41, 5.74) is 4.02. The van der Waals surface area contributed by atoms with Crippen molar-refractivity contribution >= 4 is 5.69 Å². The van der Waals surface area contributed by atoms with E-state index in [0.717, 1.165) is 6.54 Å². The highest BCUT2D eigenvalue weighted by molar-refractivity contribution is 5.57. The van der Waals surface area contributed by atoms with Gasteiger partial charge in [0.15, 0.2) is 0 Å². The fourth-order valence-electron chi connectivity index (χ4n) is 2.22. The van der Waals surface area contributed by atoms with E-state index < -0.39 is 0 Å². The van der Waals surface area contributed by atoms with Gasteiger partial charge in [-0.1, -0.05) is 18.2 Å². The predicted molar refractivity (Wildman–Crippen MR) is 65.4 cm³/mol. The molecule has 1 aromatic carbocycles. The molecule has 82 valence electrons. The lowest BCUT2D eigenvalue weighted by atomic mass is 10.0. The summed E-state index contributed by atoms with van der Waals surface area (Å²) in [7, 11) is 0. The fourth-order valence-corrected chi connectivity index (χ4v) is 2.22. The molecule has 1 unspecified atom stereocenters. The Morgan fingerprint density at radius 2 is 2.00 bits per heavy atom. The summed E-state index contributed by atoms with van der Waals surface area (Å²) in [6, 6.07) is 7.06. The van der Waals surface area contributed by atoms with Crippen LogP contribution < -0.4 is 10.6 Å². The molecule has 1 aliphatic rings. The average Bonchev–Trinajstić information content (AvgIpc) is 2.25. The minimum atomic E-state index is 0.596. The quantitative estimate of drug-likeness (QED) is 0.773. The Labute approximate surface area is 92.1 Å². The number of aryl methyl sites for hydroxylation is 2. The van der Waals surface area contributed by atoms with Crippen LogP contribution in [0.1, 0.15) is 24.0 Å². The van der Waals surface area contributed by atoms with E-state index in [4.69, 9.17) is 0 Å². The minimum absolute atomic E-state index is 0.596. The van der Waals surface area contributed by atoms with Crippen LogP contribution in [0.15, 0.2) is 18.2 Å². The van der Waals surface area contributed by atoms with Crippen molar-refractivity contribution in [2.45, 2.75) is 32.7 Å². The fraction of sp³-hybridized carbons (Fsp3) is 0.538. The van der Waals surface area contributed by atoms with Crippen LogP contribution >= 0.6 is 0 Å². The highest BCUT2D eigenvalue weighted by atomic mass is 15.0. The van der Waals surface area contributed by atoms with E-state index in [9.17, 15) is 0 Å². The molecule has 15 heavy (non-hydrogen) atoms. The zero-order valence-corrected chi connectivity index (χ0v) is 9.64. The summed E-state index contributed by atoms with van der Waals surface area (Å²) in [4.78, 5) is 0. The van der Waals surface area contributed by atoms with Gasteiger partial charge in [-0.3, -0.25) is 0 Å². The van der Waals surface area contributed by atoms with Crippen LogP contribution in [0.4, 0.5) is 5.69 Å². The Kier molecular flexibility index (Phi) is 3.27. The van der Waals surface area contributed by atoms with Crippen LogP contribution in [0.2, 0.25) is 0 Å². The number of benzene rings is 1. The van der Waals surface area contributed by atoms with Crippen LogP contribution in [0.3, 0.4) is 0 Å². The SMILES string of the molecule is Cc1cccc(C)c1NC1CCCNC1. The van der Waals surface area contributed by atoms with Crippen molar-refractivity contribution in [3.8, 4) is 0 Å². The average molecular weight is 204 g/mol. The first-order chi connectivity index (χ1) is 7.27. The summed E-state index contributed by atoms with van der Waals surface area (Å²) in [6.07, 6.45) is 2.56. The van der Waals surface area contributed by atoms with Gasteiger partial charge in [0.1, 0.15) is 0 Å². The van der Waals surface area contributed by atoms with Gasteiger partial charge < -0.3 is 10.6 Å². The molecular weight excluding hydrogens is 184 g/mol. The van der Waals surface area contributed by atoms with Crippen LogP contribution in [-0.2, 0) is 0 Å². The molecule has 1 heterocycles. The summed E-state index contributed by atoms with van der Waals surface area (Å²) in [5.74, 6) is 0. The number of hydrogen-bond acceptors (Lipinski definition) is 2. The standard InChI is InChI=1S/C13H20N2/c1-10-5-3-6-11(2)13(10)15-12-7-4-8-14-9-12/h3,5-6,12,14-15H,4,7-9H2,1-2H3. The highest BCUT2D eigenvalue weighted by Crippen LogP contribution is 2.21. The Hall–Kier alpha value is -1.02. The van der Waals surface area contributed by atoms with Gasteiger partial charge in [-0.15, -0.1) is 0 Å². The van der Waals surface area contributed by atoms with Gasteiger partial charge in [0.05, 0.1) is 0 Å². The van der Waals surface area contributed by atoms with E-state index in [1.807, 2.05) is 0 Å². The third-order valence-corrected chi connectivity index (χ3v) is 3.13. The van der Waals surface area contributed by atoms with Crippen LogP contribution in [-0.4, -0.2) is 19.1 Å². The lowest BCUT2D eigenvalue weighted by Crippen LogP contribution is -2.38. The van der Waals surface area contributed by atoms with Crippen molar-refractivity contribution in [1.82, 2.24) is 5.32 Å². The molecule has 1 saturated heterocycles. The van der Waals surface area contributed by atoms with Crippen molar-refractivity contribution < 1.29 is 0 Å². The molecule has 0 amide bonds. The maximum Gasteiger partial charge on any atom is 0.0402 e. The van der Waals surface area contributed by atoms with E-state index in [2.05, 4.69) is 42.7 Å². The van der Waals surface area contributed by atoms with Gasteiger partial charge >= 0.3 is 0 Å². The second-order valence-corrected chi connectivity index (χ2v) is 4.45. The molecule has 1 aromatic rings. The normalized spacial score (nSPS) is 21.3. The van der Waals surface area contributed by atoms with Gasteiger partial charge in [-0.2, -0.15) is 0 Å². The number of rotatable bonds is 2. The largest absolute Gasteiger partial charge is 0.381 e. The summed E-state index contributed by atoms with van der Waals surface area (Å²) in [6.45, 7) is 6.61. The second kappa shape index (κ2) is 4.67. The first kappa shape index (κ1) is 10.5. The van der Waals surface area contributed by atoms with E-state index in [1.165, 1.54) is 36.2 Å². The first-order valence-electron chi connectivity index (χ1n) is 5.81. The van der Waals surface area contributed by atoms with Gasteiger partial charge in [0, 0.05) is 18.3 Å². The van der Waals surface area contributed by atoms with Crippen molar-refractivity contribution in [3.63, 3.8) is 0 Å².